The van der Waals surface area contributed by atoms with Crippen molar-refractivity contribution in [2.45, 2.75) is 65.8 Å². The zero-order valence-corrected chi connectivity index (χ0v) is 12.5. The molecule has 4 nitrogen and oxygen atoms in total. The second kappa shape index (κ2) is 7.87. The van der Waals surface area contributed by atoms with E-state index in [1.54, 1.807) is 6.20 Å². The number of aromatic nitrogens is 2. The fraction of sp³-hybridized carbons (Fsp3) is 0.667. The van der Waals surface area contributed by atoms with Gasteiger partial charge < -0.3 is 0 Å². The van der Waals surface area contributed by atoms with Crippen LogP contribution in [0.25, 0.3) is 0 Å². The Labute approximate surface area is 116 Å². The predicted molar refractivity (Wildman–Crippen MR) is 78.2 cm³/mol. The van der Waals surface area contributed by atoms with E-state index in [0.717, 1.165) is 37.3 Å². The Hall–Kier alpha value is -1.45. The summed E-state index contributed by atoms with van der Waals surface area (Å²) in [6.45, 7) is 8.27. The summed E-state index contributed by atoms with van der Waals surface area (Å²) < 4.78 is 0. The summed E-state index contributed by atoms with van der Waals surface area (Å²) in [6.07, 6.45) is 6.00. The summed E-state index contributed by atoms with van der Waals surface area (Å²) in [6, 6.07) is 2.02. The number of anilines is 1. The van der Waals surface area contributed by atoms with Gasteiger partial charge in [-0.3, -0.25) is 9.69 Å². The Morgan fingerprint density at radius 1 is 1.32 bits per heavy atom. The first-order chi connectivity index (χ1) is 9.13. The molecule has 1 aromatic heterocycles. The third-order valence-corrected chi connectivity index (χ3v) is 3.13. The highest BCUT2D eigenvalue weighted by atomic mass is 16.2. The van der Waals surface area contributed by atoms with Gasteiger partial charge in [0.25, 0.3) is 0 Å². The van der Waals surface area contributed by atoms with E-state index in [1.165, 1.54) is 0 Å². The Morgan fingerprint density at radius 3 is 2.63 bits per heavy atom. The van der Waals surface area contributed by atoms with Crippen molar-refractivity contribution in [3.05, 3.63) is 18.1 Å². The van der Waals surface area contributed by atoms with Crippen molar-refractivity contribution in [2.24, 2.45) is 0 Å². The fourth-order valence-electron chi connectivity index (χ4n) is 2.17. The normalized spacial score (nSPS) is 12.2. The highest BCUT2D eigenvalue weighted by Gasteiger charge is 2.22. The van der Waals surface area contributed by atoms with Gasteiger partial charge in [0.05, 0.1) is 0 Å². The van der Waals surface area contributed by atoms with E-state index < -0.39 is 0 Å². The number of nitrogens with zero attached hydrogens (tertiary/aromatic N) is 3. The molecule has 106 valence electrons. The smallest absolute Gasteiger partial charge is 0.228 e. The van der Waals surface area contributed by atoms with E-state index in [2.05, 4.69) is 23.8 Å². The van der Waals surface area contributed by atoms with Crippen LogP contribution in [-0.2, 0) is 11.2 Å². The number of hydrogen-bond donors (Lipinski definition) is 0. The molecule has 0 spiro atoms. The van der Waals surface area contributed by atoms with Gasteiger partial charge in [-0.15, -0.1) is 0 Å². The van der Waals surface area contributed by atoms with Crippen LogP contribution < -0.4 is 4.90 Å². The first-order valence-electron chi connectivity index (χ1n) is 7.27. The largest absolute Gasteiger partial charge is 0.294 e. The lowest BCUT2D eigenvalue weighted by Crippen LogP contribution is -2.39. The molecule has 1 rings (SSSR count). The Kier molecular flexibility index (Phi) is 6.46. The zero-order valence-electron chi connectivity index (χ0n) is 12.5. The van der Waals surface area contributed by atoms with Crippen LogP contribution in [0.3, 0.4) is 0 Å². The predicted octanol–water partition coefficient (Wildman–Crippen LogP) is 3.36. The quantitative estimate of drug-likeness (QED) is 0.757. The molecule has 1 aromatic rings. The summed E-state index contributed by atoms with van der Waals surface area (Å²) in [5.74, 6) is 1.69. The van der Waals surface area contributed by atoms with Crippen LogP contribution in [0, 0.1) is 0 Å². The molecule has 0 fully saturated rings. The molecular weight excluding hydrogens is 238 g/mol. The third kappa shape index (κ3) is 4.30. The standard InChI is InChI=1S/C15H25N3O/c1-5-8-12(4)18(15(19)9-6-2)14-10-11-16-13(7-3)17-14/h10-12H,5-9H2,1-4H3. The van der Waals surface area contributed by atoms with Crippen molar-refractivity contribution in [1.82, 2.24) is 9.97 Å². The molecule has 0 aliphatic rings. The van der Waals surface area contributed by atoms with Crippen molar-refractivity contribution < 1.29 is 4.79 Å². The van der Waals surface area contributed by atoms with Gasteiger partial charge in [0.1, 0.15) is 11.6 Å². The molecule has 0 saturated heterocycles. The number of aryl methyl sites for hydroxylation is 1. The summed E-state index contributed by atoms with van der Waals surface area (Å²) in [5.41, 5.74) is 0. The van der Waals surface area contributed by atoms with E-state index in [0.29, 0.717) is 6.42 Å². The van der Waals surface area contributed by atoms with Gasteiger partial charge in [-0.2, -0.15) is 0 Å². The molecule has 4 heteroatoms. The maximum absolute atomic E-state index is 12.3. The second-order valence-corrected chi connectivity index (χ2v) is 4.84. The molecule has 1 unspecified atom stereocenters. The van der Waals surface area contributed by atoms with Gasteiger partial charge in [-0.1, -0.05) is 27.2 Å². The minimum Gasteiger partial charge on any atom is -0.294 e. The minimum atomic E-state index is 0.157. The van der Waals surface area contributed by atoms with Crippen LogP contribution in [0.2, 0.25) is 0 Å². The highest BCUT2D eigenvalue weighted by molar-refractivity contribution is 5.92. The van der Waals surface area contributed by atoms with E-state index in [1.807, 2.05) is 24.8 Å². The molecule has 0 aliphatic heterocycles. The Morgan fingerprint density at radius 2 is 2.05 bits per heavy atom. The van der Waals surface area contributed by atoms with Crippen LogP contribution in [0.5, 0.6) is 0 Å². The zero-order chi connectivity index (χ0) is 14.3. The number of amides is 1. The minimum absolute atomic E-state index is 0.157. The average Bonchev–Trinajstić information content (AvgIpc) is 2.40. The van der Waals surface area contributed by atoms with Crippen molar-refractivity contribution in [1.29, 1.82) is 0 Å². The van der Waals surface area contributed by atoms with Gasteiger partial charge in [0, 0.05) is 25.1 Å². The molecule has 0 saturated carbocycles. The molecule has 1 amide bonds. The van der Waals surface area contributed by atoms with Crippen molar-refractivity contribution in [2.75, 3.05) is 4.90 Å². The maximum atomic E-state index is 12.3. The monoisotopic (exact) mass is 263 g/mol. The first kappa shape index (κ1) is 15.6. The van der Waals surface area contributed by atoms with Crippen LogP contribution in [-0.4, -0.2) is 21.9 Å². The van der Waals surface area contributed by atoms with Crippen molar-refractivity contribution >= 4 is 11.7 Å². The van der Waals surface area contributed by atoms with Gasteiger partial charge in [0.15, 0.2) is 0 Å². The topological polar surface area (TPSA) is 46.1 Å². The van der Waals surface area contributed by atoms with Crippen LogP contribution in [0.4, 0.5) is 5.82 Å². The summed E-state index contributed by atoms with van der Waals surface area (Å²) >= 11 is 0. The average molecular weight is 263 g/mol. The number of rotatable bonds is 7. The molecular formula is C15H25N3O. The van der Waals surface area contributed by atoms with E-state index in [4.69, 9.17) is 0 Å². The molecule has 1 atom stereocenters. The van der Waals surface area contributed by atoms with Crippen LogP contribution >= 0.6 is 0 Å². The summed E-state index contributed by atoms with van der Waals surface area (Å²) in [7, 11) is 0. The number of hydrogen-bond acceptors (Lipinski definition) is 3. The summed E-state index contributed by atoms with van der Waals surface area (Å²) in [5, 5.41) is 0. The summed E-state index contributed by atoms with van der Waals surface area (Å²) in [4.78, 5) is 22.9. The molecule has 19 heavy (non-hydrogen) atoms. The van der Waals surface area contributed by atoms with Gasteiger partial charge >= 0.3 is 0 Å². The van der Waals surface area contributed by atoms with Crippen molar-refractivity contribution in [3.8, 4) is 0 Å². The fourth-order valence-corrected chi connectivity index (χ4v) is 2.17. The number of carbonyl (C=O) groups is 1. The molecule has 0 radical (unpaired) electrons. The molecule has 1 heterocycles. The van der Waals surface area contributed by atoms with E-state index >= 15 is 0 Å². The SMILES string of the molecule is CCCC(=O)N(c1ccnc(CC)n1)C(C)CCC. The van der Waals surface area contributed by atoms with E-state index in [9.17, 15) is 4.79 Å². The van der Waals surface area contributed by atoms with Crippen LogP contribution in [0.1, 0.15) is 59.2 Å². The molecule has 0 aromatic carbocycles. The van der Waals surface area contributed by atoms with Crippen LogP contribution in [0.15, 0.2) is 12.3 Å². The lowest BCUT2D eigenvalue weighted by Gasteiger charge is -2.28. The lowest BCUT2D eigenvalue weighted by atomic mass is 10.1. The lowest BCUT2D eigenvalue weighted by molar-refractivity contribution is -0.119. The Bertz CT molecular complexity index is 406. The maximum Gasteiger partial charge on any atom is 0.228 e. The molecule has 0 bridgehead atoms. The number of carbonyl (C=O) groups excluding carboxylic acids is 1. The molecule has 0 aliphatic carbocycles. The highest BCUT2D eigenvalue weighted by Crippen LogP contribution is 2.18. The van der Waals surface area contributed by atoms with Gasteiger partial charge in [-0.05, 0) is 25.8 Å². The first-order valence-corrected chi connectivity index (χ1v) is 7.27. The van der Waals surface area contributed by atoms with Gasteiger partial charge in [0.2, 0.25) is 5.91 Å². The third-order valence-electron chi connectivity index (χ3n) is 3.13. The van der Waals surface area contributed by atoms with Gasteiger partial charge in [-0.25, -0.2) is 9.97 Å². The molecule has 0 N–H and O–H groups in total. The second-order valence-electron chi connectivity index (χ2n) is 4.84. The Balaban J connectivity index is 3.03. The van der Waals surface area contributed by atoms with E-state index in [-0.39, 0.29) is 11.9 Å². The van der Waals surface area contributed by atoms with Crippen molar-refractivity contribution in [3.63, 3.8) is 0 Å².